The molecule has 4 heteroatoms. The molecule has 0 radical (unpaired) electrons. The fourth-order valence-corrected chi connectivity index (χ4v) is 2.67. The molecule has 0 spiro atoms. The van der Waals surface area contributed by atoms with Crippen molar-refractivity contribution in [3.63, 3.8) is 0 Å². The smallest absolute Gasteiger partial charge is 0.129 e. The maximum absolute atomic E-state index is 4.22. The van der Waals surface area contributed by atoms with E-state index >= 15 is 0 Å². The minimum atomic E-state index is 0.501. The van der Waals surface area contributed by atoms with Crippen LogP contribution in [0.15, 0.2) is 48.9 Å². The van der Waals surface area contributed by atoms with Crippen molar-refractivity contribution in [1.82, 2.24) is 14.9 Å². The molecule has 3 rings (SSSR count). The highest BCUT2D eigenvalue weighted by Crippen LogP contribution is 2.14. The van der Waals surface area contributed by atoms with Crippen molar-refractivity contribution in [3.05, 3.63) is 54.5 Å². The van der Waals surface area contributed by atoms with Crippen LogP contribution >= 0.6 is 0 Å². The van der Waals surface area contributed by atoms with Gasteiger partial charge in [0.05, 0.1) is 0 Å². The first-order valence-electron chi connectivity index (χ1n) is 7.19. The average Bonchev–Trinajstić information content (AvgIpc) is 2.95. The van der Waals surface area contributed by atoms with Crippen LogP contribution in [0.5, 0.6) is 0 Å². The first-order chi connectivity index (χ1) is 9.90. The largest absolute Gasteiger partial charge is 0.366 e. The van der Waals surface area contributed by atoms with Gasteiger partial charge in [-0.15, -0.1) is 0 Å². The summed E-state index contributed by atoms with van der Waals surface area (Å²) >= 11 is 0. The van der Waals surface area contributed by atoms with Gasteiger partial charge in [-0.3, -0.25) is 0 Å². The number of rotatable bonds is 5. The van der Waals surface area contributed by atoms with Crippen LogP contribution in [0.2, 0.25) is 0 Å². The maximum atomic E-state index is 4.22. The summed E-state index contributed by atoms with van der Waals surface area (Å²) in [7, 11) is 0. The lowest BCUT2D eigenvalue weighted by atomic mass is 10.1. The minimum Gasteiger partial charge on any atom is -0.366 e. The molecule has 20 heavy (non-hydrogen) atoms. The zero-order valence-corrected chi connectivity index (χ0v) is 11.6. The van der Waals surface area contributed by atoms with Crippen LogP contribution in [-0.2, 0) is 6.42 Å². The van der Waals surface area contributed by atoms with Crippen LogP contribution in [0.1, 0.15) is 12.0 Å². The zero-order valence-electron chi connectivity index (χ0n) is 11.6. The lowest BCUT2D eigenvalue weighted by molar-refractivity contribution is 0.340. The summed E-state index contributed by atoms with van der Waals surface area (Å²) in [5, 5.41) is 3.48. The number of benzene rings is 1. The predicted octanol–water partition coefficient (Wildman–Crippen LogP) is 2.21. The number of anilines is 1. The lowest BCUT2D eigenvalue weighted by Gasteiger charge is -2.16. The van der Waals surface area contributed by atoms with Gasteiger partial charge in [0.2, 0.25) is 0 Å². The monoisotopic (exact) mass is 268 g/mol. The van der Waals surface area contributed by atoms with Gasteiger partial charge in [0.1, 0.15) is 12.1 Å². The molecule has 1 aromatic heterocycles. The molecule has 4 nitrogen and oxygen atoms in total. The molecule has 1 aromatic carbocycles. The van der Waals surface area contributed by atoms with Crippen molar-refractivity contribution in [3.8, 4) is 0 Å². The van der Waals surface area contributed by atoms with Crippen LogP contribution in [0.25, 0.3) is 0 Å². The summed E-state index contributed by atoms with van der Waals surface area (Å²) in [6, 6.07) is 13.1. The van der Waals surface area contributed by atoms with Gasteiger partial charge in [0.25, 0.3) is 0 Å². The van der Waals surface area contributed by atoms with E-state index in [0.29, 0.717) is 6.04 Å². The van der Waals surface area contributed by atoms with Crippen molar-refractivity contribution < 1.29 is 0 Å². The highest BCUT2D eigenvalue weighted by molar-refractivity contribution is 5.33. The summed E-state index contributed by atoms with van der Waals surface area (Å²) in [6.45, 7) is 3.39. The molecule has 0 bridgehead atoms. The highest BCUT2D eigenvalue weighted by atomic mass is 15.2. The van der Waals surface area contributed by atoms with E-state index in [2.05, 4.69) is 50.5 Å². The summed E-state index contributed by atoms with van der Waals surface area (Å²) in [5.41, 5.74) is 1.42. The number of nitrogens with zero attached hydrogens (tertiary/aromatic N) is 3. The van der Waals surface area contributed by atoms with Gasteiger partial charge >= 0.3 is 0 Å². The van der Waals surface area contributed by atoms with Crippen LogP contribution in [-0.4, -0.2) is 40.5 Å². The molecule has 104 valence electrons. The molecule has 1 saturated heterocycles. The second-order valence-corrected chi connectivity index (χ2v) is 5.26. The number of nitrogens with one attached hydrogen (secondary N) is 1. The second kappa shape index (κ2) is 6.48. The van der Waals surface area contributed by atoms with E-state index in [-0.39, 0.29) is 0 Å². The number of likely N-dealkylation sites (tertiary alicyclic amines) is 1. The van der Waals surface area contributed by atoms with E-state index in [9.17, 15) is 0 Å². The van der Waals surface area contributed by atoms with Crippen LogP contribution in [0, 0.1) is 0 Å². The van der Waals surface area contributed by atoms with Gasteiger partial charge in [-0.25, -0.2) is 9.97 Å². The third kappa shape index (κ3) is 3.54. The van der Waals surface area contributed by atoms with Gasteiger partial charge in [0, 0.05) is 31.9 Å². The average molecular weight is 268 g/mol. The topological polar surface area (TPSA) is 41.0 Å². The summed E-state index contributed by atoms with van der Waals surface area (Å²) < 4.78 is 0. The Morgan fingerprint density at radius 2 is 2.10 bits per heavy atom. The molecule has 2 aromatic rings. The molecule has 0 saturated carbocycles. The zero-order chi connectivity index (χ0) is 13.6. The summed E-state index contributed by atoms with van der Waals surface area (Å²) in [4.78, 5) is 10.7. The Bertz CT molecular complexity index is 515. The van der Waals surface area contributed by atoms with Gasteiger partial charge < -0.3 is 10.2 Å². The molecule has 1 N–H and O–H groups in total. The molecule has 0 amide bonds. The number of hydrogen-bond acceptors (Lipinski definition) is 4. The highest BCUT2D eigenvalue weighted by Gasteiger charge is 2.21. The number of hydrogen-bond donors (Lipinski definition) is 1. The van der Waals surface area contributed by atoms with Crippen LogP contribution < -0.4 is 5.32 Å². The van der Waals surface area contributed by atoms with Crippen molar-refractivity contribution in [2.24, 2.45) is 0 Å². The third-order valence-corrected chi connectivity index (χ3v) is 3.77. The molecule has 1 fully saturated rings. The fraction of sp³-hybridized carbons (Fsp3) is 0.375. The van der Waals surface area contributed by atoms with Gasteiger partial charge in [-0.2, -0.15) is 0 Å². The Labute approximate surface area is 119 Å². The van der Waals surface area contributed by atoms with E-state index in [1.54, 1.807) is 12.5 Å². The molecule has 1 unspecified atom stereocenters. The minimum absolute atomic E-state index is 0.501. The lowest BCUT2D eigenvalue weighted by Crippen LogP contribution is -2.28. The fourth-order valence-electron chi connectivity index (χ4n) is 2.67. The Morgan fingerprint density at radius 3 is 2.90 bits per heavy atom. The van der Waals surface area contributed by atoms with Gasteiger partial charge in [-0.05, 0) is 24.5 Å². The van der Waals surface area contributed by atoms with Gasteiger partial charge in [0.15, 0.2) is 0 Å². The molecular weight excluding hydrogens is 248 g/mol. The van der Waals surface area contributed by atoms with Crippen molar-refractivity contribution in [2.75, 3.05) is 25.0 Å². The normalized spacial score (nSPS) is 19.1. The summed E-state index contributed by atoms with van der Waals surface area (Å²) in [5.74, 6) is 0.926. The molecule has 0 aliphatic carbocycles. The standard InChI is InChI=1S/C16H20N4/c1-2-4-14(5-3-1)7-10-20-11-8-15(12-20)19-16-6-9-17-13-18-16/h1-6,9,13,15H,7-8,10-12H2,(H,17,18,19). The van der Waals surface area contributed by atoms with E-state index in [0.717, 1.165) is 31.9 Å². The molecule has 1 atom stereocenters. The van der Waals surface area contributed by atoms with E-state index in [1.165, 1.54) is 12.0 Å². The first kappa shape index (κ1) is 13.1. The summed E-state index contributed by atoms with van der Waals surface area (Å²) in [6.07, 6.45) is 5.67. The van der Waals surface area contributed by atoms with E-state index in [1.807, 2.05) is 6.07 Å². The van der Waals surface area contributed by atoms with Crippen molar-refractivity contribution in [1.29, 1.82) is 0 Å². The van der Waals surface area contributed by atoms with Crippen molar-refractivity contribution in [2.45, 2.75) is 18.9 Å². The molecule has 1 aliphatic rings. The van der Waals surface area contributed by atoms with Crippen LogP contribution in [0.4, 0.5) is 5.82 Å². The molecular formula is C16H20N4. The van der Waals surface area contributed by atoms with Crippen LogP contribution in [0.3, 0.4) is 0 Å². The van der Waals surface area contributed by atoms with Gasteiger partial charge in [-0.1, -0.05) is 30.3 Å². The molecule has 1 aliphatic heterocycles. The Balaban J connectivity index is 1.45. The SMILES string of the molecule is c1ccc(CCN2CCC(Nc3ccncn3)C2)cc1. The Hall–Kier alpha value is -1.94. The predicted molar refractivity (Wildman–Crippen MR) is 80.6 cm³/mol. The molecule has 2 heterocycles. The second-order valence-electron chi connectivity index (χ2n) is 5.26. The maximum Gasteiger partial charge on any atom is 0.129 e. The first-order valence-corrected chi connectivity index (χ1v) is 7.19. The van der Waals surface area contributed by atoms with E-state index in [4.69, 9.17) is 0 Å². The van der Waals surface area contributed by atoms with E-state index < -0.39 is 0 Å². The number of aromatic nitrogens is 2. The third-order valence-electron chi connectivity index (χ3n) is 3.77. The Morgan fingerprint density at radius 1 is 1.20 bits per heavy atom. The van der Waals surface area contributed by atoms with Crippen molar-refractivity contribution >= 4 is 5.82 Å². The quantitative estimate of drug-likeness (QED) is 0.902. The Kier molecular flexibility index (Phi) is 4.23.